The van der Waals surface area contributed by atoms with Crippen molar-refractivity contribution in [2.75, 3.05) is 19.0 Å². The highest BCUT2D eigenvalue weighted by Crippen LogP contribution is 2.52. The minimum atomic E-state index is -2.27. The summed E-state index contributed by atoms with van der Waals surface area (Å²) in [7, 11) is 1.33. The van der Waals surface area contributed by atoms with Gasteiger partial charge < -0.3 is 50.0 Å². The van der Waals surface area contributed by atoms with Crippen LogP contribution >= 0.6 is 0 Å². The van der Waals surface area contributed by atoms with Gasteiger partial charge in [-0.25, -0.2) is 0 Å². The molecule has 1 fully saturated rings. The van der Waals surface area contributed by atoms with Crippen LogP contribution in [0.5, 0.6) is 17.2 Å². The summed E-state index contributed by atoms with van der Waals surface area (Å²) < 4.78 is 17.7. The van der Waals surface area contributed by atoms with Crippen LogP contribution in [0.2, 0.25) is 0 Å². The number of carbonyl (C=O) groups excluding carboxylic acids is 3. The number of nitrogens with one attached hydrogen (secondary N) is 2. The molecule has 0 saturated carbocycles. The second kappa shape index (κ2) is 11.7. The summed E-state index contributed by atoms with van der Waals surface area (Å²) in [5.41, 5.74) is -2.02. The Bertz CT molecular complexity index is 1990. The Kier molecular flexibility index (Phi) is 7.76. The predicted octanol–water partition coefficient (Wildman–Crippen LogP) is 2.64. The van der Waals surface area contributed by atoms with Gasteiger partial charge in [0, 0.05) is 53.1 Å². The Morgan fingerprint density at radius 3 is 2.56 bits per heavy atom. The molecule has 1 aliphatic heterocycles. The van der Waals surface area contributed by atoms with Crippen LogP contribution in [0.25, 0.3) is 10.9 Å². The maximum absolute atomic E-state index is 13.9. The number of aromatic hydroxyl groups is 2. The Morgan fingerprint density at radius 2 is 1.81 bits per heavy atom. The Hall–Kier alpha value is -4.79. The van der Waals surface area contributed by atoms with Crippen molar-refractivity contribution >= 4 is 33.9 Å². The van der Waals surface area contributed by atoms with E-state index in [2.05, 4.69) is 10.3 Å². The number of para-hydroxylation sites is 1. The molecule has 1 saturated heterocycles. The van der Waals surface area contributed by atoms with Crippen LogP contribution in [-0.2, 0) is 20.7 Å². The molecule has 4 unspecified atom stereocenters. The van der Waals surface area contributed by atoms with Crippen molar-refractivity contribution in [1.82, 2.24) is 4.98 Å². The lowest BCUT2D eigenvalue weighted by atomic mass is 9.72. The van der Waals surface area contributed by atoms with Gasteiger partial charge in [0.1, 0.15) is 35.6 Å². The van der Waals surface area contributed by atoms with Crippen LogP contribution < -0.4 is 10.1 Å². The number of ketones is 3. The number of carbonyl (C=O) groups is 3. The molecule has 13 heteroatoms. The van der Waals surface area contributed by atoms with E-state index >= 15 is 0 Å². The van der Waals surface area contributed by atoms with Gasteiger partial charge in [0.15, 0.2) is 17.9 Å². The molecule has 2 aliphatic carbocycles. The number of ether oxygens (including phenoxy) is 3. The van der Waals surface area contributed by atoms with Gasteiger partial charge in [-0.2, -0.15) is 0 Å². The number of aromatic amines is 1. The summed E-state index contributed by atoms with van der Waals surface area (Å²) in [4.78, 5) is 43.7. The molecule has 0 amide bonds. The molecule has 4 aromatic rings. The minimum Gasteiger partial charge on any atom is -0.507 e. The summed E-state index contributed by atoms with van der Waals surface area (Å²) in [6.45, 7) is 0.625. The van der Waals surface area contributed by atoms with E-state index in [9.17, 15) is 39.9 Å². The van der Waals surface area contributed by atoms with Gasteiger partial charge in [-0.1, -0.05) is 30.3 Å². The Morgan fingerprint density at radius 1 is 1.06 bits per heavy atom. The number of rotatable bonds is 7. The number of benzene rings is 3. The van der Waals surface area contributed by atoms with E-state index in [1.165, 1.54) is 25.3 Å². The van der Waals surface area contributed by atoms with Crippen molar-refractivity contribution in [2.45, 2.75) is 62.4 Å². The number of anilines is 1. The molecule has 48 heavy (non-hydrogen) atoms. The third-order valence-electron chi connectivity index (χ3n) is 9.69. The molecule has 1 aromatic heterocycles. The fourth-order valence-corrected chi connectivity index (χ4v) is 7.25. The first-order chi connectivity index (χ1) is 23.0. The van der Waals surface area contributed by atoms with Crippen LogP contribution in [0.3, 0.4) is 0 Å². The van der Waals surface area contributed by atoms with Crippen LogP contribution in [0, 0.1) is 0 Å². The SMILES string of the molecule is COc1cccc2c1C(=O)c1c(O)c3c(c(O)c1C2=O)C[C@@](O)(C(=O)CO)C[C@@H]3OC1CC(Nc2c[nH]c3ccccc23)C(O)C(C)O1. The summed E-state index contributed by atoms with van der Waals surface area (Å²) in [5.74, 6) is -3.77. The summed E-state index contributed by atoms with van der Waals surface area (Å²) in [5, 5.41) is 59.9. The summed E-state index contributed by atoms with van der Waals surface area (Å²) in [6.07, 6.45) is -3.37. The first-order valence-corrected chi connectivity index (χ1v) is 15.5. The average molecular weight is 659 g/mol. The van der Waals surface area contributed by atoms with Gasteiger partial charge in [-0.3, -0.25) is 14.4 Å². The molecule has 0 spiro atoms. The third kappa shape index (κ3) is 4.85. The van der Waals surface area contributed by atoms with E-state index in [0.717, 1.165) is 16.6 Å². The van der Waals surface area contributed by atoms with Crippen LogP contribution in [-0.4, -0.2) is 91.7 Å². The normalized spacial score (nSPS) is 26.5. The molecule has 0 bridgehead atoms. The summed E-state index contributed by atoms with van der Waals surface area (Å²) in [6, 6.07) is 11.4. The van der Waals surface area contributed by atoms with Crippen molar-refractivity contribution in [3.05, 3.63) is 82.0 Å². The fraction of sp³-hybridized carbons (Fsp3) is 0.343. The van der Waals surface area contributed by atoms with E-state index < -0.39 is 95.7 Å². The maximum atomic E-state index is 13.9. The summed E-state index contributed by atoms with van der Waals surface area (Å²) >= 11 is 0. The highest BCUT2D eigenvalue weighted by atomic mass is 16.7. The smallest absolute Gasteiger partial charge is 0.202 e. The topological polar surface area (TPSA) is 208 Å². The molecule has 0 radical (unpaired) electrons. The molecule has 2 heterocycles. The number of aromatic nitrogens is 1. The molecule has 13 nitrogen and oxygen atoms in total. The number of fused-ring (bicyclic) bond motifs is 4. The Balaban J connectivity index is 1.29. The van der Waals surface area contributed by atoms with Gasteiger partial charge in [0.2, 0.25) is 5.78 Å². The van der Waals surface area contributed by atoms with Crippen LogP contribution in [0.1, 0.15) is 68.8 Å². The number of methoxy groups -OCH3 is 1. The van der Waals surface area contributed by atoms with Gasteiger partial charge in [-0.05, 0) is 19.1 Å². The van der Waals surface area contributed by atoms with E-state index in [4.69, 9.17) is 14.2 Å². The monoisotopic (exact) mass is 658 g/mol. The largest absolute Gasteiger partial charge is 0.507 e. The number of phenolic OH excluding ortho intramolecular Hbond substituents is 2. The predicted molar refractivity (Wildman–Crippen MR) is 169 cm³/mol. The lowest BCUT2D eigenvalue weighted by Crippen LogP contribution is -2.52. The molecule has 6 atom stereocenters. The fourth-order valence-electron chi connectivity index (χ4n) is 7.25. The van der Waals surface area contributed by atoms with Crippen molar-refractivity contribution in [3.8, 4) is 17.2 Å². The first-order valence-electron chi connectivity index (χ1n) is 15.5. The first kappa shape index (κ1) is 31.8. The van der Waals surface area contributed by atoms with Gasteiger partial charge in [0.05, 0.1) is 47.7 Å². The Labute approximate surface area is 273 Å². The number of aliphatic hydroxyl groups is 3. The molecular formula is C35H34N2O11. The molecule has 7 rings (SSSR count). The molecule has 3 aliphatic rings. The molecule has 3 aromatic carbocycles. The van der Waals surface area contributed by atoms with Crippen LogP contribution in [0.4, 0.5) is 5.69 Å². The number of Topliss-reactive ketones (excluding diaryl/α,β-unsaturated/α-hetero) is 1. The molecular weight excluding hydrogens is 624 g/mol. The van der Waals surface area contributed by atoms with E-state index in [1.54, 1.807) is 13.1 Å². The van der Waals surface area contributed by atoms with E-state index in [1.807, 2.05) is 24.3 Å². The second-order valence-corrected chi connectivity index (χ2v) is 12.5. The highest BCUT2D eigenvalue weighted by Gasteiger charge is 2.50. The number of H-pyrrole nitrogens is 1. The average Bonchev–Trinajstić information content (AvgIpc) is 3.48. The zero-order chi connectivity index (χ0) is 34.1. The lowest BCUT2D eigenvalue weighted by molar-refractivity contribution is -0.245. The van der Waals surface area contributed by atoms with Crippen LogP contribution in [0.15, 0.2) is 48.7 Å². The number of phenols is 2. The third-order valence-corrected chi connectivity index (χ3v) is 9.69. The van der Waals surface area contributed by atoms with Gasteiger partial charge >= 0.3 is 0 Å². The van der Waals surface area contributed by atoms with E-state index in [-0.39, 0.29) is 34.4 Å². The van der Waals surface area contributed by atoms with Crippen molar-refractivity contribution in [1.29, 1.82) is 0 Å². The molecule has 7 N–H and O–H groups in total. The lowest BCUT2D eigenvalue weighted by Gasteiger charge is -2.43. The quantitative estimate of drug-likeness (QED) is 0.126. The number of hydrogen-bond acceptors (Lipinski definition) is 12. The van der Waals surface area contributed by atoms with E-state index in [0.29, 0.717) is 0 Å². The number of hydrogen-bond donors (Lipinski definition) is 7. The minimum absolute atomic E-state index is 0.0521. The number of aliphatic hydroxyl groups excluding tert-OH is 2. The zero-order valence-electron chi connectivity index (χ0n) is 26.0. The maximum Gasteiger partial charge on any atom is 0.202 e. The molecule has 250 valence electrons. The zero-order valence-corrected chi connectivity index (χ0v) is 26.0. The highest BCUT2D eigenvalue weighted by molar-refractivity contribution is 6.31. The second-order valence-electron chi connectivity index (χ2n) is 12.5. The standard InChI is InChI=1S/C35H34N2O11/c1-15-30(40)20(37-21-13-36-19-8-4-3-6-16(19)21)10-25(47-15)48-23-12-35(45,24(39)14-38)11-18-27(23)34(44)29-28(32(18)42)31(41)17-7-5-9-22(46-2)26(17)33(29)43/h3-9,13,15,20,23,25,30,36-38,40,42,44-45H,10-12,14H2,1-2H3/t15?,20?,23-,25?,30?,35-/m0/s1. The van der Waals surface area contributed by atoms with Crippen molar-refractivity contribution in [2.24, 2.45) is 0 Å². The van der Waals surface area contributed by atoms with Crippen molar-refractivity contribution in [3.63, 3.8) is 0 Å². The van der Waals surface area contributed by atoms with Crippen molar-refractivity contribution < 1.29 is 54.1 Å². The van der Waals surface area contributed by atoms with Gasteiger partial charge in [-0.15, -0.1) is 0 Å². The van der Waals surface area contributed by atoms with Gasteiger partial charge in [0.25, 0.3) is 0 Å².